The Balaban J connectivity index is 1.92. The molecule has 4 nitrogen and oxygen atoms in total. The van der Waals surface area contributed by atoms with Crippen LogP contribution >= 0.6 is 0 Å². The number of hydrogen-bond donors (Lipinski definition) is 1. The van der Waals surface area contributed by atoms with E-state index >= 15 is 0 Å². The summed E-state index contributed by atoms with van der Waals surface area (Å²) >= 11 is 0. The van der Waals surface area contributed by atoms with E-state index in [9.17, 15) is 5.26 Å². The van der Waals surface area contributed by atoms with Gasteiger partial charge < -0.3 is 15.2 Å². The van der Waals surface area contributed by atoms with E-state index in [0.29, 0.717) is 5.57 Å². The Labute approximate surface area is 129 Å². The third kappa shape index (κ3) is 1.69. The van der Waals surface area contributed by atoms with E-state index < -0.39 is 5.60 Å². The normalized spacial score (nSPS) is 26.0. The first-order valence-electron chi connectivity index (χ1n) is 7.52. The summed E-state index contributed by atoms with van der Waals surface area (Å²) in [5.41, 5.74) is 7.50. The molecule has 0 saturated heterocycles. The monoisotopic (exact) mass is 292 g/mol. The minimum absolute atomic E-state index is 0.159. The summed E-state index contributed by atoms with van der Waals surface area (Å²) in [5.74, 6) is 1.80. The van der Waals surface area contributed by atoms with Gasteiger partial charge in [0.05, 0.1) is 0 Å². The number of hydrogen-bond acceptors (Lipinski definition) is 4. The lowest BCUT2D eigenvalue weighted by Crippen LogP contribution is -2.45. The molecular weight excluding hydrogens is 276 g/mol. The molecule has 1 aliphatic carbocycles. The highest BCUT2D eigenvalue weighted by Crippen LogP contribution is 2.47. The molecule has 2 N–H and O–H groups in total. The first-order chi connectivity index (χ1) is 10.7. The summed E-state index contributed by atoms with van der Waals surface area (Å²) in [6.07, 6.45) is 7.80. The van der Waals surface area contributed by atoms with Crippen LogP contribution in [0.4, 0.5) is 0 Å². The third-order valence-electron chi connectivity index (χ3n) is 4.52. The Bertz CT molecular complexity index is 783. The van der Waals surface area contributed by atoms with Crippen LogP contribution in [0.15, 0.2) is 53.1 Å². The zero-order valence-electron chi connectivity index (χ0n) is 12.1. The average molecular weight is 292 g/mol. The van der Waals surface area contributed by atoms with Gasteiger partial charge >= 0.3 is 0 Å². The molecule has 0 radical (unpaired) electrons. The molecule has 2 aliphatic heterocycles. The van der Waals surface area contributed by atoms with Gasteiger partial charge in [-0.3, -0.25) is 0 Å². The zero-order valence-corrected chi connectivity index (χ0v) is 12.1. The number of allylic oxidation sites excluding steroid dienone is 1. The lowest BCUT2D eigenvalue weighted by Gasteiger charge is -2.41. The van der Waals surface area contributed by atoms with Crippen molar-refractivity contribution in [1.29, 1.82) is 5.26 Å². The Morgan fingerprint density at radius 3 is 2.86 bits per heavy atom. The van der Waals surface area contributed by atoms with Crippen molar-refractivity contribution >= 4 is 6.08 Å². The molecule has 4 rings (SSSR count). The molecular formula is C18H16N2O2. The largest absolute Gasteiger partial charge is 0.472 e. The molecule has 0 aromatic heterocycles. The molecule has 110 valence electrons. The van der Waals surface area contributed by atoms with E-state index in [-0.39, 0.29) is 5.88 Å². The molecule has 3 aliphatic rings. The van der Waals surface area contributed by atoms with Crippen LogP contribution in [0.1, 0.15) is 31.2 Å². The summed E-state index contributed by atoms with van der Waals surface area (Å²) in [6, 6.07) is 10.0. The van der Waals surface area contributed by atoms with Gasteiger partial charge in [-0.1, -0.05) is 24.3 Å². The number of nitrogens with two attached hydrogens (primary N) is 1. The van der Waals surface area contributed by atoms with Crippen LogP contribution in [-0.2, 0) is 4.74 Å². The molecule has 0 bridgehead atoms. The maximum Gasteiger partial charge on any atom is 0.209 e. The second kappa shape index (κ2) is 4.67. The third-order valence-corrected chi connectivity index (χ3v) is 4.52. The van der Waals surface area contributed by atoms with Crippen LogP contribution in [-0.4, -0.2) is 5.60 Å². The van der Waals surface area contributed by atoms with Crippen molar-refractivity contribution in [2.75, 3.05) is 0 Å². The van der Waals surface area contributed by atoms with Crippen molar-refractivity contribution in [3.05, 3.63) is 58.7 Å². The fourth-order valence-corrected chi connectivity index (χ4v) is 3.46. The van der Waals surface area contributed by atoms with E-state index in [1.165, 1.54) is 0 Å². The Hall–Kier alpha value is -2.67. The first kappa shape index (κ1) is 13.0. The fraction of sp³-hybridized carbons (Fsp3) is 0.278. The molecule has 1 aromatic rings. The van der Waals surface area contributed by atoms with Crippen molar-refractivity contribution in [1.82, 2.24) is 0 Å². The van der Waals surface area contributed by atoms with Gasteiger partial charge in [0.1, 0.15) is 23.2 Å². The zero-order chi connectivity index (χ0) is 15.2. The fourth-order valence-electron chi connectivity index (χ4n) is 3.46. The number of benzene rings is 1. The predicted octanol–water partition coefficient (Wildman–Crippen LogP) is 3.38. The number of nitriles is 1. The minimum atomic E-state index is -0.902. The molecule has 4 heteroatoms. The summed E-state index contributed by atoms with van der Waals surface area (Å²) in [5, 5.41) is 9.61. The molecule has 0 saturated carbocycles. The van der Waals surface area contributed by atoms with E-state index in [1.807, 2.05) is 36.4 Å². The molecule has 1 spiro atoms. The molecule has 0 amide bonds. The number of nitrogens with zero attached hydrogens (tertiary/aromatic N) is 1. The maximum atomic E-state index is 9.61. The highest BCUT2D eigenvalue weighted by Gasteiger charge is 2.48. The molecule has 0 fully saturated rings. The van der Waals surface area contributed by atoms with Crippen molar-refractivity contribution in [2.45, 2.75) is 31.3 Å². The highest BCUT2D eigenvalue weighted by atomic mass is 16.5. The van der Waals surface area contributed by atoms with Gasteiger partial charge in [0.25, 0.3) is 0 Å². The molecule has 1 unspecified atom stereocenters. The van der Waals surface area contributed by atoms with Gasteiger partial charge in [0, 0.05) is 17.6 Å². The number of para-hydroxylation sites is 1. The number of ether oxygens (including phenoxy) is 2. The van der Waals surface area contributed by atoms with E-state index in [0.717, 1.165) is 48.3 Å². The second-order valence-corrected chi connectivity index (χ2v) is 5.77. The number of fused-ring (bicyclic) bond motifs is 2. The summed E-state index contributed by atoms with van der Waals surface area (Å²) in [7, 11) is 0. The van der Waals surface area contributed by atoms with E-state index in [1.54, 1.807) is 0 Å². The smallest absolute Gasteiger partial charge is 0.209 e. The van der Waals surface area contributed by atoms with Crippen molar-refractivity contribution in [3.8, 4) is 11.8 Å². The molecule has 2 heterocycles. The lowest BCUT2D eigenvalue weighted by atomic mass is 9.77. The molecule has 1 aromatic carbocycles. The van der Waals surface area contributed by atoms with Crippen LogP contribution in [0.2, 0.25) is 0 Å². The van der Waals surface area contributed by atoms with Crippen molar-refractivity contribution in [2.24, 2.45) is 5.73 Å². The van der Waals surface area contributed by atoms with Gasteiger partial charge in [-0.2, -0.15) is 5.26 Å². The van der Waals surface area contributed by atoms with E-state index in [2.05, 4.69) is 6.07 Å². The van der Waals surface area contributed by atoms with Gasteiger partial charge in [-0.15, -0.1) is 0 Å². The minimum Gasteiger partial charge on any atom is -0.472 e. The van der Waals surface area contributed by atoms with E-state index in [4.69, 9.17) is 15.2 Å². The van der Waals surface area contributed by atoms with Crippen LogP contribution in [0.3, 0.4) is 0 Å². The van der Waals surface area contributed by atoms with Crippen LogP contribution < -0.4 is 10.5 Å². The Morgan fingerprint density at radius 2 is 2.00 bits per heavy atom. The second-order valence-electron chi connectivity index (χ2n) is 5.77. The van der Waals surface area contributed by atoms with Crippen molar-refractivity contribution in [3.63, 3.8) is 0 Å². The Morgan fingerprint density at radius 1 is 1.18 bits per heavy atom. The maximum absolute atomic E-state index is 9.61. The van der Waals surface area contributed by atoms with Gasteiger partial charge in [0.2, 0.25) is 5.88 Å². The molecule has 22 heavy (non-hydrogen) atoms. The Kier molecular flexibility index (Phi) is 2.77. The highest BCUT2D eigenvalue weighted by molar-refractivity contribution is 5.67. The topological polar surface area (TPSA) is 68.3 Å². The summed E-state index contributed by atoms with van der Waals surface area (Å²) in [4.78, 5) is 0. The quantitative estimate of drug-likeness (QED) is 0.796. The lowest BCUT2D eigenvalue weighted by molar-refractivity contribution is 0.142. The van der Waals surface area contributed by atoms with Crippen LogP contribution in [0.25, 0.3) is 6.08 Å². The van der Waals surface area contributed by atoms with Crippen LogP contribution in [0.5, 0.6) is 5.75 Å². The average Bonchev–Trinajstić information content (AvgIpc) is 2.55. The van der Waals surface area contributed by atoms with Gasteiger partial charge in [-0.25, -0.2) is 0 Å². The summed E-state index contributed by atoms with van der Waals surface area (Å²) < 4.78 is 12.0. The van der Waals surface area contributed by atoms with Crippen LogP contribution in [0, 0.1) is 11.3 Å². The van der Waals surface area contributed by atoms with Gasteiger partial charge in [-0.05, 0) is 31.4 Å². The van der Waals surface area contributed by atoms with Crippen molar-refractivity contribution < 1.29 is 9.47 Å². The number of rotatable bonds is 0. The summed E-state index contributed by atoms with van der Waals surface area (Å²) in [6.45, 7) is 0. The predicted molar refractivity (Wildman–Crippen MR) is 82.2 cm³/mol. The SMILES string of the molecule is N#CC1=C(N)OC2=C(CCCC2)C12C=Cc1ccccc1O2. The van der Waals surface area contributed by atoms with Gasteiger partial charge in [0.15, 0.2) is 5.60 Å². The standard InChI is InChI=1S/C18H16N2O2/c19-11-14-17(20)21-16-8-4-2-6-13(16)18(14)10-9-12-5-1-3-7-15(12)22-18/h1,3,5,7,9-10H,2,4,6,8,20H2. The molecule has 1 atom stereocenters. The first-order valence-corrected chi connectivity index (χ1v) is 7.52.